The normalized spacial score (nSPS) is 23.2. The lowest BCUT2D eigenvalue weighted by atomic mass is 9.59. The van der Waals surface area contributed by atoms with Crippen molar-refractivity contribution in [2.45, 2.75) is 121 Å². The molecule has 2 heterocycles. The van der Waals surface area contributed by atoms with Gasteiger partial charge in [0.25, 0.3) is 0 Å². The number of hydrogen-bond acceptors (Lipinski definition) is 8. The lowest BCUT2D eigenvalue weighted by Gasteiger charge is -2.47. The molecule has 1 saturated heterocycles. The summed E-state index contributed by atoms with van der Waals surface area (Å²) in [4.78, 5) is 33.1. The maximum atomic E-state index is 13.1. The second-order valence-electron chi connectivity index (χ2n) is 19.1. The zero-order chi connectivity index (χ0) is 44.5. The minimum Gasteiger partial charge on any atom is -0.494 e. The van der Waals surface area contributed by atoms with Gasteiger partial charge in [-0.25, -0.2) is 4.79 Å². The number of pyridine rings is 1. The maximum absolute atomic E-state index is 13.1. The summed E-state index contributed by atoms with van der Waals surface area (Å²) in [5.41, 5.74) is 5.59. The van der Waals surface area contributed by atoms with Gasteiger partial charge in [0.2, 0.25) is 5.91 Å². The van der Waals surface area contributed by atoms with Crippen molar-refractivity contribution < 1.29 is 28.9 Å². The number of benzene rings is 3. The molecule has 0 radical (unpaired) electrons. The third-order valence-electron chi connectivity index (χ3n) is 14.6. The Bertz CT molecular complexity index is 2220. The molecule has 3 atom stereocenters. The molecule has 4 aliphatic rings. The number of carbonyl (C=O) groups excluding carboxylic acids is 1. The average molecular weight is 892 g/mol. The van der Waals surface area contributed by atoms with Crippen molar-refractivity contribution in [2.75, 3.05) is 51.3 Å². The molecule has 1 saturated carbocycles. The molecular weight excluding hydrogens is 824 g/mol. The Morgan fingerprint density at radius 3 is 2.55 bits per heavy atom. The van der Waals surface area contributed by atoms with E-state index in [-0.39, 0.29) is 17.2 Å². The first-order chi connectivity index (χ1) is 31.1. The Kier molecular flexibility index (Phi) is 15.0. The van der Waals surface area contributed by atoms with Crippen molar-refractivity contribution >= 4 is 29.2 Å². The van der Waals surface area contributed by atoms with Crippen molar-refractivity contribution in [2.24, 2.45) is 11.8 Å². The van der Waals surface area contributed by atoms with Gasteiger partial charge in [0.1, 0.15) is 29.4 Å². The van der Waals surface area contributed by atoms with Crippen molar-refractivity contribution in [3.63, 3.8) is 0 Å². The third kappa shape index (κ3) is 11.0. The summed E-state index contributed by atoms with van der Waals surface area (Å²) in [5, 5.41) is 17.8. The number of nitrogens with zero attached hydrogens (tertiary/aromatic N) is 2. The van der Waals surface area contributed by atoms with Gasteiger partial charge in [0.15, 0.2) is 0 Å². The molecule has 3 aliphatic carbocycles. The number of likely N-dealkylation sites (tertiary alicyclic amines) is 1. The van der Waals surface area contributed by atoms with Crippen LogP contribution in [0.25, 0.3) is 0 Å². The number of carboxylic acids is 1. The number of halogens is 1. The van der Waals surface area contributed by atoms with Crippen molar-refractivity contribution in [3.05, 3.63) is 112 Å². The van der Waals surface area contributed by atoms with E-state index in [4.69, 9.17) is 25.8 Å². The third-order valence-corrected chi connectivity index (χ3v) is 14.8. The summed E-state index contributed by atoms with van der Waals surface area (Å²) < 4.78 is 19.0. The minimum absolute atomic E-state index is 0.0179. The van der Waals surface area contributed by atoms with Crippen molar-refractivity contribution in [1.82, 2.24) is 15.2 Å². The molecule has 2 fully saturated rings. The summed E-state index contributed by atoms with van der Waals surface area (Å²) >= 11 is 6.33. The van der Waals surface area contributed by atoms with Crippen LogP contribution in [-0.2, 0) is 34.3 Å². The van der Waals surface area contributed by atoms with Gasteiger partial charge in [-0.2, -0.15) is 0 Å². The molecule has 1 spiro atoms. The predicted octanol–water partition coefficient (Wildman–Crippen LogP) is 10.2. The number of ether oxygens (including phenoxy) is 3. The number of hydrogen-bond donors (Lipinski definition) is 3. The van der Waals surface area contributed by atoms with Crippen LogP contribution in [0, 0.1) is 11.8 Å². The highest BCUT2D eigenvalue weighted by atomic mass is 35.5. The molecule has 3 aromatic carbocycles. The molecule has 4 aromatic rings. The monoisotopic (exact) mass is 890 g/mol. The lowest BCUT2D eigenvalue weighted by molar-refractivity contribution is -0.144. The van der Waals surface area contributed by atoms with E-state index in [1.54, 1.807) is 12.1 Å². The van der Waals surface area contributed by atoms with Gasteiger partial charge >= 0.3 is 5.97 Å². The molecule has 10 nitrogen and oxygen atoms in total. The topological polar surface area (TPSA) is 122 Å². The molecule has 11 heteroatoms. The Labute approximate surface area is 384 Å². The van der Waals surface area contributed by atoms with E-state index in [2.05, 4.69) is 64.7 Å². The van der Waals surface area contributed by atoms with Gasteiger partial charge < -0.3 is 30.0 Å². The van der Waals surface area contributed by atoms with E-state index in [1.807, 2.05) is 36.5 Å². The van der Waals surface area contributed by atoms with Crippen LogP contribution >= 0.6 is 11.6 Å². The first-order valence-electron chi connectivity index (χ1n) is 23.9. The largest absolute Gasteiger partial charge is 0.494 e. The number of aryl methyl sites for hydroxylation is 1. The van der Waals surface area contributed by atoms with Gasteiger partial charge in [-0.05, 0) is 185 Å². The number of rotatable bonds is 20. The van der Waals surface area contributed by atoms with Crippen LogP contribution in [0.1, 0.15) is 118 Å². The number of aromatic nitrogens is 1. The molecule has 8 rings (SSSR count). The van der Waals surface area contributed by atoms with E-state index in [0.717, 1.165) is 80.0 Å². The van der Waals surface area contributed by atoms with E-state index < -0.39 is 11.5 Å². The first kappa shape index (κ1) is 45.8. The van der Waals surface area contributed by atoms with Gasteiger partial charge in [0.05, 0.1) is 13.2 Å². The van der Waals surface area contributed by atoms with Crippen LogP contribution in [0.15, 0.2) is 79.0 Å². The highest BCUT2D eigenvalue weighted by molar-refractivity contribution is 6.30. The zero-order valence-corrected chi connectivity index (χ0v) is 38.6. The fourth-order valence-corrected chi connectivity index (χ4v) is 11.3. The molecular formula is C53H67ClN4O6. The van der Waals surface area contributed by atoms with Crippen LogP contribution in [0.2, 0.25) is 5.02 Å². The van der Waals surface area contributed by atoms with Gasteiger partial charge in [-0.15, -0.1) is 0 Å². The maximum Gasteiger partial charge on any atom is 0.329 e. The van der Waals surface area contributed by atoms with Gasteiger partial charge in [-0.1, -0.05) is 49.7 Å². The van der Waals surface area contributed by atoms with E-state index in [0.29, 0.717) is 68.9 Å². The number of anilines is 1. The first-order valence-corrected chi connectivity index (χ1v) is 24.3. The SMILES string of the molecule is C[C@@H](COc1ccnc2c1[C@H](C)CCC2)CC1Cc2ccc(OCCCC(=O)NCCc3cccc(OCCN4CCCC4)c3)cc2C12CCC(Nc1cccc(Cl)c1)(C(=O)O)CC2. The Morgan fingerprint density at radius 1 is 0.938 bits per heavy atom. The van der Waals surface area contributed by atoms with E-state index in [1.165, 1.54) is 54.7 Å². The van der Waals surface area contributed by atoms with Crippen molar-refractivity contribution in [1.29, 1.82) is 0 Å². The second-order valence-corrected chi connectivity index (χ2v) is 19.5. The standard InChI is InChI=1S/C53H67ClN4O6/c1-37(36-64-48-19-25-55-47-14-5-9-38(2)50(47)48)31-41-33-40-16-17-45(35-46(40)52(41)20-22-53(23-21-52,51(60)61)57-43-12-7-11-42(54)34-43)62-29-8-15-49(59)56-24-18-39-10-6-13-44(32-39)63-30-28-58-26-3-4-27-58/h6-7,10-13,16-17,19,25,32,34-35,37-38,41,57H,3-5,8-9,14-15,18,20-24,26-31,33,36H2,1-2H3,(H,56,59)(H,60,61)/t37-,38-,41?,52?,53?/m1/s1. The summed E-state index contributed by atoms with van der Waals surface area (Å²) in [5.74, 6) is 2.87. The number of fused-ring (bicyclic) bond motifs is 3. The highest BCUT2D eigenvalue weighted by Crippen LogP contribution is 2.57. The average Bonchev–Trinajstić information content (AvgIpc) is 3.91. The molecule has 0 bridgehead atoms. The number of carboxylic acid groups (broad SMARTS) is 1. The Morgan fingerprint density at radius 2 is 1.73 bits per heavy atom. The molecule has 3 N–H and O–H groups in total. The summed E-state index contributed by atoms with van der Waals surface area (Å²) in [6.45, 7) is 10.2. The fraction of sp³-hybridized carbons (Fsp3) is 0.528. The van der Waals surface area contributed by atoms with Crippen LogP contribution in [0.4, 0.5) is 5.69 Å². The lowest BCUT2D eigenvalue weighted by Crippen LogP contribution is -2.53. The Hall–Kier alpha value is -4.80. The quantitative estimate of drug-likeness (QED) is 0.0745. The van der Waals surface area contributed by atoms with Crippen molar-refractivity contribution in [3.8, 4) is 17.2 Å². The minimum atomic E-state index is -1.10. The number of carbonyl (C=O) groups is 2. The molecule has 1 unspecified atom stereocenters. The number of nitrogens with one attached hydrogen (secondary N) is 2. The summed E-state index contributed by atoms with van der Waals surface area (Å²) in [6, 6.07) is 24.0. The summed E-state index contributed by atoms with van der Waals surface area (Å²) in [7, 11) is 0. The van der Waals surface area contributed by atoms with E-state index >= 15 is 0 Å². The van der Waals surface area contributed by atoms with E-state index in [9.17, 15) is 14.7 Å². The smallest absolute Gasteiger partial charge is 0.329 e. The van der Waals surface area contributed by atoms with Crippen LogP contribution in [0.5, 0.6) is 17.2 Å². The number of aliphatic carboxylic acids is 1. The Balaban J connectivity index is 0.878. The number of amides is 1. The highest BCUT2D eigenvalue weighted by Gasteiger charge is 2.54. The predicted molar refractivity (Wildman–Crippen MR) is 253 cm³/mol. The molecule has 1 aromatic heterocycles. The molecule has 1 amide bonds. The van der Waals surface area contributed by atoms with Crippen LogP contribution in [0.3, 0.4) is 0 Å². The second kappa shape index (κ2) is 21.0. The van der Waals surface area contributed by atoms with Crippen LogP contribution in [-0.4, -0.2) is 78.4 Å². The van der Waals surface area contributed by atoms with Gasteiger partial charge in [0, 0.05) is 47.7 Å². The molecule has 1 aliphatic heterocycles. The fourth-order valence-electron chi connectivity index (χ4n) is 11.1. The zero-order valence-electron chi connectivity index (χ0n) is 37.8. The molecule has 342 valence electrons. The van der Waals surface area contributed by atoms with Crippen LogP contribution < -0.4 is 24.8 Å². The molecule has 64 heavy (non-hydrogen) atoms. The summed E-state index contributed by atoms with van der Waals surface area (Å²) in [6.07, 6.45) is 13.8. The van der Waals surface area contributed by atoms with Gasteiger partial charge in [-0.3, -0.25) is 14.7 Å².